The van der Waals surface area contributed by atoms with Gasteiger partial charge in [0.1, 0.15) is 5.60 Å². The molecule has 0 radical (unpaired) electrons. The van der Waals surface area contributed by atoms with Gasteiger partial charge in [-0.15, -0.1) is 0 Å². The number of aliphatic hydroxyl groups is 2. The van der Waals surface area contributed by atoms with E-state index in [4.69, 9.17) is 0 Å². The Morgan fingerprint density at radius 2 is 2.12 bits per heavy atom. The van der Waals surface area contributed by atoms with E-state index in [9.17, 15) is 10.2 Å². The first kappa shape index (κ1) is 14.2. The van der Waals surface area contributed by atoms with Gasteiger partial charge in [0.15, 0.2) is 0 Å². The van der Waals surface area contributed by atoms with Crippen molar-refractivity contribution in [1.29, 1.82) is 0 Å². The fourth-order valence-electron chi connectivity index (χ4n) is 1.96. The van der Waals surface area contributed by atoms with Crippen LogP contribution < -0.4 is 0 Å². The molecule has 0 fully saturated rings. The summed E-state index contributed by atoms with van der Waals surface area (Å²) in [7, 11) is 0. The zero-order chi connectivity index (χ0) is 13.1. The average Bonchev–Trinajstić information content (AvgIpc) is 2.22. The van der Waals surface area contributed by atoms with E-state index in [0.717, 1.165) is 5.57 Å². The van der Waals surface area contributed by atoms with Crippen molar-refractivity contribution < 1.29 is 10.2 Å². The lowest BCUT2D eigenvalue weighted by Crippen LogP contribution is -2.39. The minimum atomic E-state index is -1.15. The van der Waals surface area contributed by atoms with E-state index in [-0.39, 0.29) is 5.92 Å². The average molecular weight is 236 g/mol. The van der Waals surface area contributed by atoms with Crippen LogP contribution >= 0.6 is 0 Å². The molecular formula is C15H24O2. The molecule has 1 aliphatic carbocycles. The zero-order valence-corrected chi connectivity index (χ0v) is 11.1. The highest BCUT2D eigenvalue weighted by Crippen LogP contribution is 2.26. The monoisotopic (exact) mass is 236 g/mol. The number of allylic oxidation sites excluding steroid dienone is 4. The molecule has 1 rings (SSSR count). The maximum absolute atomic E-state index is 10.2. The van der Waals surface area contributed by atoms with Crippen LogP contribution in [0, 0.1) is 11.8 Å². The van der Waals surface area contributed by atoms with Crippen molar-refractivity contribution in [2.75, 3.05) is 0 Å². The fraction of sp³-hybridized carbons (Fsp3) is 0.600. The highest BCUT2D eigenvalue weighted by molar-refractivity contribution is 5.21. The first-order valence-corrected chi connectivity index (χ1v) is 6.27. The Hall–Kier alpha value is -0.860. The summed E-state index contributed by atoms with van der Waals surface area (Å²) in [5.41, 5.74) is -0.127. The number of aliphatic hydroxyl groups excluding tert-OH is 1. The van der Waals surface area contributed by atoms with Crippen LogP contribution in [-0.2, 0) is 0 Å². The van der Waals surface area contributed by atoms with E-state index < -0.39 is 11.7 Å². The van der Waals surface area contributed by atoms with Gasteiger partial charge >= 0.3 is 0 Å². The Bertz CT molecular complexity index is 324. The van der Waals surface area contributed by atoms with Gasteiger partial charge in [0, 0.05) is 0 Å². The molecule has 0 bridgehead atoms. The molecule has 3 atom stereocenters. The Morgan fingerprint density at radius 1 is 1.47 bits per heavy atom. The van der Waals surface area contributed by atoms with Crippen LogP contribution in [0.1, 0.15) is 33.6 Å². The van der Waals surface area contributed by atoms with E-state index in [2.05, 4.69) is 26.5 Å². The third kappa shape index (κ3) is 4.14. The Morgan fingerprint density at radius 3 is 2.71 bits per heavy atom. The summed E-state index contributed by atoms with van der Waals surface area (Å²) in [6.07, 6.45) is 8.23. The standard InChI is InChI=1S/C15H24O2/c1-11(2)13-8-7-12(3)6-5-9-15(4,17)14(16)10-13/h5,7-9,11,13-14,16-17H,3,6,10H2,1-2,4H3/b8-7+,9-5-/t13-,14-,15-/m0/s1. The maximum atomic E-state index is 10.2. The second kappa shape index (κ2) is 5.65. The third-order valence-corrected chi connectivity index (χ3v) is 3.44. The van der Waals surface area contributed by atoms with Gasteiger partial charge < -0.3 is 10.2 Å². The van der Waals surface area contributed by atoms with E-state index in [1.807, 2.05) is 12.2 Å². The molecule has 1 aliphatic rings. The van der Waals surface area contributed by atoms with Crippen LogP contribution in [0.5, 0.6) is 0 Å². The van der Waals surface area contributed by atoms with Gasteiger partial charge in [0.05, 0.1) is 6.10 Å². The molecule has 0 spiro atoms. The molecule has 0 aromatic heterocycles. The molecule has 0 unspecified atom stereocenters. The molecule has 96 valence electrons. The predicted molar refractivity (Wildman–Crippen MR) is 71.6 cm³/mol. The van der Waals surface area contributed by atoms with Gasteiger partial charge in [-0.3, -0.25) is 0 Å². The van der Waals surface area contributed by atoms with Crippen LogP contribution in [0.2, 0.25) is 0 Å². The summed E-state index contributed by atoms with van der Waals surface area (Å²) in [4.78, 5) is 0. The minimum Gasteiger partial charge on any atom is -0.390 e. The summed E-state index contributed by atoms with van der Waals surface area (Å²) in [5, 5.41) is 20.2. The van der Waals surface area contributed by atoms with Gasteiger partial charge in [-0.05, 0) is 31.6 Å². The maximum Gasteiger partial charge on any atom is 0.106 e. The first-order valence-electron chi connectivity index (χ1n) is 6.27. The molecule has 17 heavy (non-hydrogen) atoms. The van der Waals surface area contributed by atoms with E-state index >= 15 is 0 Å². The van der Waals surface area contributed by atoms with E-state index in [0.29, 0.717) is 18.8 Å². The van der Waals surface area contributed by atoms with Crippen LogP contribution in [0.3, 0.4) is 0 Å². The van der Waals surface area contributed by atoms with Crippen molar-refractivity contribution >= 4 is 0 Å². The molecule has 0 aromatic rings. The van der Waals surface area contributed by atoms with Crippen molar-refractivity contribution in [3.63, 3.8) is 0 Å². The SMILES string of the molecule is C=C1/C=C/[C@H](C(C)C)C[C@H](O)[C@@](C)(O)/C=C\C1. The predicted octanol–water partition coefficient (Wildman–Crippen LogP) is 2.83. The van der Waals surface area contributed by atoms with E-state index in [1.54, 1.807) is 13.0 Å². The van der Waals surface area contributed by atoms with Gasteiger partial charge in [-0.2, -0.15) is 0 Å². The van der Waals surface area contributed by atoms with Crippen molar-refractivity contribution in [2.24, 2.45) is 11.8 Å². The smallest absolute Gasteiger partial charge is 0.106 e. The van der Waals surface area contributed by atoms with Crippen LogP contribution in [0.25, 0.3) is 0 Å². The molecule has 2 heteroatoms. The zero-order valence-electron chi connectivity index (χ0n) is 11.1. The highest BCUT2D eigenvalue weighted by atomic mass is 16.3. The highest BCUT2D eigenvalue weighted by Gasteiger charge is 2.30. The second-order valence-electron chi connectivity index (χ2n) is 5.51. The van der Waals surface area contributed by atoms with Crippen LogP contribution in [-0.4, -0.2) is 21.9 Å². The topological polar surface area (TPSA) is 40.5 Å². The quantitative estimate of drug-likeness (QED) is 0.687. The lowest BCUT2D eigenvalue weighted by Gasteiger charge is -2.30. The van der Waals surface area contributed by atoms with Crippen molar-refractivity contribution in [3.8, 4) is 0 Å². The summed E-state index contributed by atoms with van der Waals surface area (Å²) < 4.78 is 0. The molecule has 0 amide bonds. The number of rotatable bonds is 1. The molecular weight excluding hydrogens is 212 g/mol. The molecule has 0 saturated carbocycles. The minimum absolute atomic E-state index is 0.264. The Labute approximate surface area is 104 Å². The molecule has 0 heterocycles. The summed E-state index contributed by atoms with van der Waals surface area (Å²) >= 11 is 0. The molecule has 0 saturated heterocycles. The molecule has 2 N–H and O–H groups in total. The van der Waals surface area contributed by atoms with Gasteiger partial charge in [-0.1, -0.05) is 50.3 Å². The summed E-state index contributed by atoms with van der Waals surface area (Å²) in [6, 6.07) is 0. The Kier molecular flexibility index (Phi) is 4.72. The summed E-state index contributed by atoms with van der Waals surface area (Å²) in [5.74, 6) is 0.702. The molecule has 0 aliphatic heterocycles. The largest absolute Gasteiger partial charge is 0.390 e. The van der Waals surface area contributed by atoms with Gasteiger partial charge in [0.25, 0.3) is 0 Å². The fourth-order valence-corrected chi connectivity index (χ4v) is 1.96. The van der Waals surface area contributed by atoms with Gasteiger partial charge in [-0.25, -0.2) is 0 Å². The number of hydrogen-bond acceptors (Lipinski definition) is 2. The summed E-state index contributed by atoms with van der Waals surface area (Å²) in [6.45, 7) is 9.87. The van der Waals surface area contributed by atoms with Crippen molar-refractivity contribution in [3.05, 3.63) is 36.5 Å². The van der Waals surface area contributed by atoms with Crippen LogP contribution in [0.4, 0.5) is 0 Å². The Balaban J connectivity index is 2.94. The van der Waals surface area contributed by atoms with Gasteiger partial charge in [0.2, 0.25) is 0 Å². The lowest BCUT2D eigenvalue weighted by molar-refractivity contribution is -0.0376. The van der Waals surface area contributed by atoms with Crippen molar-refractivity contribution in [2.45, 2.75) is 45.3 Å². The second-order valence-corrected chi connectivity index (χ2v) is 5.51. The van der Waals surface area contributed by atoms with Crippen LogP contribution in [0.15, 0.2) is 36.5 Å². The first-order chi connectivity index (χ1) is 7.83. The lowest BCUT2D eigenvalue weighted by atomic mass is 9.83. The molecule has 0 aromatic carbocycles. The molecule has 2 nitrogen and oxygen atoms in total. The van der Waals surface area contributed by atoms with E-state index in [1.165, 1.54) is 0 Å². The number of hydrogen-bond donors (Lipinski definition) is 2. The third-order valence-electron chi connectivity index (χ3n) is 3.44. The normalized spacial score (nSPS) is 39.1. The van der Waals surface area contributed by atoms with Crippen molar-refractivity contribution in [1.82, 2.24) is 0 Å².